The van der Waals surface area contributed by atoms with Crippen LogP contribution < -0.4 is 10.6 Å². The second-order valence-corrected chi connectivity index (χ2v) is 5.70. The van der Waals surface area contributed by atoms with Gasteiger partial charge in [-0.2, -0.15) is 0 Å². The molecule has 0 radical (unpaired) electrons. The van der Waals surface area contributed by atoms with E-state index in [9.17, 15) is 9.59 Å². The van der Waals surface area contributed by atoms with Crippen LogP contribution in [0.25, 0.3) is 0 Å². The Balaban J connectivity index is 2.10. The number of ether oxygens (including phenoxy) is 1. The molecule has 0 aliphatic rings. The van der Waals surface area contributed by atoms with Crippen LogP contribution in [0.4, 0.5) is 16.2 Å². The van der Waals surface area contributed by atoms with Gasteiger partial charge >= 0.3 is 6.09 Å². The standard InChI is InChI=1S/C17H17BrN2O3/c1-3-23-17(22)20-13-6-4-5-12(10-13)16(21)19-14-7-8-15(18)11(2)9-14/h4-10H,3H2,1-2H3,(H,19,21)(H,20,22). The van der Waals surface area contributed by atoms with E-state index in [1.807, 2.05) is 25.1 Å². The zero-order chi connectivity index (χ0) is 16.8. The Hall–Kier alpha value is -2.34. The van der Waals surface area contributed by atoms with Crippen molar-refractivity contribution in [2.24, 2.45) is 0 Å². The third-order valence-corrected chi connectivity index (χ3v) is 3.95. The lowest BCUT2D eigenvalue weighted by atomic mass is 10.1. The first-order valence-electron chi connectivity index (χ1n) is 7.11. The summed E-state index contributed by atoms with van der Waals surface area (Å²) in [6.07, 6.45) is -0.548. The second kappa shape index (κ2) is 7.78. The lowest BCUT2D eigenvalue weighted by Crippen LogP contribution is -2.15. The third-order valence-electron chi connectivity index (χ3n) is 3.06. The molecule has 6 heteroatoms. The van der Waals surface area contributed by atoms with Crippen molar-refractivity contribution < 1.29 is 14.3 Å². The van der Waals surface area contributed by atoms with E-state index in [2.05, 4.69) is 26.6 Å². The van der Waals surface area contributed by atoms with Crippen LogP contribution in [0.3, 0.4) is 0 Å². The minimum Gasteiger partial charge on any atom is -0.450 e. The fraction of sp³-hybridized carbons (Fsp3) is 0.176. The van der Waals surface area contributed by atoms with Crippen molar-refractivity contribution in [2.45, 2.75) is 13.8 Å². The van der Waals surface area contributed by atoms with Gasteiger partial charge in [-0.3, -0.25) is 10.1 Å². The van der Waals surface area contributed by atoms with Crippen LogP contribution in [0.15, 0.2) is 46.9 Å². The summed E-state index contributed by atoms with van der Waals surface area (Å²) < 4.78 is 5.79. The van der Waals surface area contributed by atoms with E-state index in [0.717, 1.165) is 10.0 Å². The Morgan fingerprint density at radius 3 is 2.52 bits per heavy atom. The molecule has 0 saturated carbocycles. The number of carbonyl (C=O) groups is 2. The quantitative estimate of drug-likeness (QED) is 0.820. The Morgan fingerprint density at radius 2 is 1.83 bits per heavy atom. The van der Waals surface area contributed by atoms with Crippen molar-refractivity contribution in [3.63, 3.8) is 0 Å². The van der Waals surface area contributed by atoms with Gasteiger partial charge in [-0.25, -0.2) is 4.79 Å². The highest BCUT2D eigenvalue weighted by Gasteiger charge is 2.09. The van der Waals surface area contributed by atoms with Crippen molar-refractivity contribution in [3.8, 4) is 0 Å². The van der Waals surface area contributed by atoms with E-state index in [1.54, 1.807) is 31.2 Å². The summed E-state index contributed by atoms with van der Waals surface area (Å²) in [5.41, 5.74) is 2.68. The molecule has 0 fully saturated rings. The Bertz CT molecular complexity index is 732. The van der Waals surface area contributed by atoms with E-state index in [-0.39, 0.29) is 12.5 Å². The Labute approximate surface area is 143 Å². The molecule has 0 aliphatic carbocycles. The fourth-order valence-corrected chi connectivity index (χ4v) is 2.20. The highest BCUT2D eigenvalue weighted by Crippen LogP contribution is 2.21. The van der Waals surface area contributed by atoms with Crippen LogP contribution in [0.1, 0.15) is 22.8 Å². The van der Waals surface area contributed by atoms with Crippen LogP contribution in [-0.4, -0.2) is 18.6 Å². The first-order valence-corrected chi connectivity index (χ1v) is 7.90. The molecular weight excluding hydrogens is 360 g/mol. The minimum absolute atomic E-state index is 0.251. The molecule has 0 bridgehead atoms. The molecule has 2 amide bonds. The molecule has 2 N–H and O–H groups in total. The molecule has 2 rings (SSSR count). The molecule has 2 aromatic rings. The molecule has 2 aromatic carbocycles. The number of amides is 2. The molecule has 0 saturated heterocycles. The van der Waals surface area contributed by atoms with Crippen molar-refractivity contribution >= 4 is 39.3 Å². The van der Waals surface area contributed by atoms with Crippen LogP contribution in [0.2, 0.25) is 0 Å². The van der Waals surface area contributed by atoms with Crippen LogP contribution in [0, 0.1) is 6.92 Å². The average molecular weight is 377 g/mol. The first-order chi connectivity index (χ1) is 11.0. The number of hydrogen-bond acceptors (Lipinski definition) is 3. The molecule has 120 valence electrons. The number of rotatable bonds is 4. The smallest absolute Gasteiger partial charge is 0.411 e. The number of benzene rings is 2. The van der Waals surface area contributed by atoms with Crippen molar-refractivity contribution in [1.29, 1.82) is 0 Å². The van der Waals surface area contributed by atoms with E-state index in [0.29, 0.717) is 16.9 Å². The molecule has 0 aliphatic heterocycles. The molecule has 0 unspecified atom stereocenters. The molecule has 0 atom stereocenters. The Morgan fingerprint density at radius 1 is 1.09 bits per heavy atom. The predicted octanol–water partition coefficient (Wildman–Crippen LogP) is 4.58. The highest BCUT2D eigenvalue weighted by molar-refractivity contribution is 9.10. The summed E-state index contributed by atoms with van der Waals surface area (Å²) in [5, 5.41) is 5.40. The topological polar surface area (TPSA) is 67.4 Å². The SMILES string of the molecule is CCOC(=O)Nc1cccc(C(=O)Nc2ccc(Br)c(C)c2)c1. The molecule has 0 heterocycles. The first kappa shape index (κ1) is 17.0. The minimum atomic E-state index is -0.548. The monoisotopic (exact) mass is 376 g/mol. The maximum absolute atomic E-state index is 12.3. The number of aryl methyl sites for hydroxylation is 1. The van der Waals surface area contributed by atoms with Gasteiger partial charge in [0.15, 0.2) is 0 Å². The molecular formula is C17H17BrN2O3. The number of anilines is 2. The van der Waals surface area contributed by atoms with Crippen LogP contribution in [-0.2, 0) is 4.74 Å². The second-order valence-electron chi connectivity index (χ2n) is 4.84. The largest absolute Gasteiger partial charge is 0.450 e. The summed E-state index contributed by atoms with van der Waals surface area (Å²) in [6.45, 7) is 3.96. The summed E-state index contributed by atoms with van der Waals surface area (Å²) in [5.74, 6) is -0.251. The maximum atomic E-state index is 12.3. The zero-order valence-electron chi connectivity index (χ0n) is 12.9. The zero-order valence-corrected chi connectivity index (χ0v) is 14.4. The molecule has 5 nitrogen and oxygen atoms in total. The van der Waals surface area contributed by atoms with E-state index in [4.69, 9.17) is 4.74 Å². The Kier molecular flexibility index (Phi) is 5.76. The summed E-state index contributed by atoms with van der Waals surface area (Å²) in [4.78, 5) is 23.7. The summed E-state index contributed by atoms with van der Waals surface area (Å²) in [6, 6.07) is 12.2. The summed E-state index contributed by atoms with van der Waals surface area (Å²) >= 11 is 3.42. The van der Waals surface area contributed by atoms with E-state index < -0.39 is 6.09 Å². The maximum Gasteiger partial charge on any atom is 0.411 e. The van der Waals surface area contributed by atoms with Gasteiger partial charge in [0.2, 0.25) is 0 Å². The number of nitrogens with one attached hydrogen (secondary N) is 2. The molecule has 0 aromatic heterocycles. The van der Waals surface area contributed by atoms with Gasteiger partial charge in [0.05, 0.1) is 6.61 Å². The van der Waals surface area contributed by atoms with Gasteiger partial charge in [0.1, 0.15) is 0 Å². The van der Waals surface area contributed by atoms with Crippen LogP contribution in [0.5, 0.6) is 0 Å². The van der Waals surface area contributed by atoms with Gasteiger partial charge in [0, 0.05) is 21.4 Å². The lowest BCUT2D eigenvalue weighted by molar-refractivity contribution is 0.102. The van der Waals surface area contributed by atoms with Crippen LogP contribution >= 0.6 is 15.9 Å². The van der Waals surface area contributed by atoms with Gasteiger partial charge in [-0.05, 0) is 55.8 Å². The van der Waals surface area contributed by atoms with Gasteiger partial charge in [-0.15, -0.1) is 0 Å². The van der Waals surface area contributed by atoms with E-state index >= 15 is 0 Å². The predicted molar refractivity (Wildman–Crippen MR) is 93.9 cm³/mol. The number of hydrogen-bond donors (Lipinski definition) is 2. The fourth-order valence-electron chi connectivity index (χ4n) is 1.95. The molecule has 0 spiro atoms. The van der Waals surface area contributed by atoms with Gasteiger partial charge in [0.25, 0.3) is 5.91 Å². The highest BCUT2D eigenvalue weighted by atomic mass is 79.9. The lowest BCUT2D eigenvalue weighted by Gasteiger charge is -2.09. The average Bonchev–Trinajstić information content (AvgIpc) is 2.51. The number of halogens is 1. The summed E-state index contributed by atoms with van der Waals surface area (Å²) in [7, 11) is 0. The van der Waals surface area contributed by atoms with Gasteiger partial charge in [-0.1, -0.05) is 22.0 Å². The van der Waals surface area contributed by atoms with E-state index in [1.165, 1.54) is 0 Å². The third kappa shape index (κ3) is 4.82. The van der Waals surface area contributed by atoms with Crippen molar-refractivity contribution in [3.05, 3.63) is 58.1 Å². The van der Waals surface area contributed by atoms with Gasteiger partial charge < -0.3 is 10.1 Å². The van der Waals surface area contributed by atoms with Crippen molar-refractivity contribution in [1.82, 2.24) is 0 Å². The van der Waals surface area contributed by atoms with Crippen molar-refractivity contribution in [2.75, 3.05) is 17.2 Å². The normalized spacial score (nSPS) is 10.0. The molecule has 23 heavy (non-hydrogen) atoms. The number of carbonyl (C=O) groups excluding carboxylic acids is 2.